The lowest BCUT2D eigenvalue weighted by molar-refractivity contribution is -0.122. The van der Waals surface area contributed by atoms with E-state index in [1.54, 1.807) is 48.5 Å². The zero-order chi connectivity index (χ0) is 23.9. The van der Waals surface area contributed by atoms with Crippen LogP contribution in [0.15, 0.2) is 65.6 Å². The summed E-state index contributed by atoms with van der Waals surface area (Å²) in [5.74, 6) is 1.48. The van der Waals surface area contributed by atoms with E-state index >= 15 is 0 Å². The van der Waals surface area contributed by atoms with Gasteiger partial charge in [0.15, 0.2) is 17.6 Å². The maximum atomic E-state index is 13.6. The van der Waals surface area contributed by atoms with Crippen LogP contribution in [0, 0.1) is 6.92 Å². The molecule has 0 aromatic heterocycles. The van der Waals surface area contributed by atoms with Crippen molar-refractivity contribution in [3.8, 4) is 23.0 Å². The monoisotopic (exact) mass is 482 g/mol. The number of benzene rings is 3. The van der Waals surface area contributed by atoms with E-state index in [4.69, 9.17) is 18.9 Å². The molecule has 9 nitrogen and oxygen atoms in total. The number of aryl methyl sites for hydroxylation is 1. The van der Waals surface area contributed by atoms with Crippen molar-refractivity contribution < 1.29 is 32.2 Å². The summed E-state index contributed by atoms with van der Waals surface area (Å²) in [5.41, 5.74) is 1.73. The normalized spacial score (nSPS) is 16.4. The van der Waals surface area contributed by atoms with Crippen molar-refractivity contribution in [1.82, 2.24) is 0 Å². The Hall–Kier alpha value is -3.92. The summed E-state index contributed by atoms with van der Waals surface area (Å²) < 4.78 is 50.0. The van der Waals surface area contributed by atoms with Gasteiger partial charge >= 0.3 is 0 Å². The number of nitrogens with one attached hydrogen (secondary N) is 1. The van der Waals surface area contributed by atoms with Crippen molar-refractivity contribution in [1.29, 1.82) is 0 Å². The van der Waals surface area contributed by atoms with Crippen molar-refractivity contribution in [3.05, 3.63) is 66.2 Å². The first kappa shape index (κ1) is 21.9. The van der Waals surface area contributed by atoms with Gasteiger partial charge in [0.1, 0.15) is 11.5 Å². The maximum absolute atomic E-state index is 13.6. The lowest BCUT2D eigenvalue weighted by atomic mass is 10.1. The van der Waals surface area contributed by atoms with Gasteiger partial charge in [0.2, 0.25) is 6.79 Å². The third-order valence-corrected chi connectivity index (χ3v) is 7.36. The lowest BCUT2D eigenvalue weighted by Gasteiger charge is -2.35. The van der Waals surface area contributed by atoms with Gasteiger partial charge in [-0.1, -0.05) is 6.07 Å². The summed E-state index contributed by atoms with van der Waals surface area (Å²) in [4.78, 5) is 13.2. The molecule has 176 valence electrons. The van der Waals surface area contributed by atoms with Crippen molar-refractivity contribution in [2.45, 2.75) is 17.9 Å². The van der Waals surface area contributed by atoms with Crippen molar-refractivity contribution >= 4 is 27.3 Å². The average Bonchev–Trinajstić information content (AvgIpc) is 3.31. The molecule has 0 fully saturated rings. The quantitative estimate of drug-likeness (QED) is 0.595. The van der Waals surface area contributed by atoms with Crippen LogP contribution in [0.2, 0.25) is 0 Å². The van der Waals surface area contributed by atoms with Gasteiger partial charge < -0.3 is 24.3 Å². The van der Waals surface area contributed by atoms with Crippen molar-refractivity contribution in [3.63, 3.8) is 0 Å². The van der Waals surface area contributed by atoms with Gasteiger partial charge in [-0.25, -0.2) is 8.42 Å². The van der Waals surface area contributed by atoms with Crippen LogP contribution in [0.5, 0.6) is 23.0 Å². The number of carbonyl (C=O) groups excluding carboxylic acids is 1. The van der Waals surface area contributed by atoms with Crippen LogP contribution in [-0.4, -0.2) is 40.9 Å². The van der Waals surface area contributed by atoms with Crippen LogP contribution in [0.25, 0.3) is 0 Å². The highest BCUT2D eigenvalue weighted by Gasteiger charge is 2.37. The summed E-state index contributed by atoms with van der Waals surface area (Å²) in [7, 11) is -2.47. The Labute approximate surface area is 196 Å². The fourth-order valence-corrected chi connectivity index (χ4v) is 5.27. The molecule has 0 saturated heterocycles. The predicted octanol–water partition coefficient (Wildman–Crippen LogP) is 3.33. The van der Waals surface area contributed by atoms with Crippen LogP contribution in [0.4, 0.5) is 11.4 Å². The molecule has 2 aliphatic heterocycles. The molecule has 2 heterocycles. The Morgan fingerprint density at radius 2 is 1.76 bits per heavy atom. The molecule has 0 saturated carbocycles. The standard InChI is InChI=1S/C24H22N2O7S/c1-15-3-9-19-21(11-15)33-23(24(27)25-16-4-10-20-22(12-16)32-14-31-20)13-26(19)34(28,29)18-7-5-17(30-2)6-8-18/h3-12,23H,13-14H2,1-2H3,(H,25,27)/t23-/m1/s1. The molecule has 0 bridgehead atoms. The van der Waals surface area contributed by atoms with Crippen LogP contribution in [0.1, 0.15) is 5.56 Å². The minimum absolute atomic E-state index is 0.0802. The summed E-state index contributed by atoms with van der Waals surface area (Å²) in [6, 6.07) is 16.3. The molecule has 1 N–H and O–H groups in total. The van der Waals surface area contributed by atoms with Crippen LogP contribution >= 0.6 is 0 Å². The molecule has 34 heavy (non-hydrogen) atoms. The SMILES string of the molecule is COc1ccc(S(=O)(=O)N2C[C@H](C(=O)Nc3ccc4c(c3)OCO4)Oc3cc(C)ccc32)cc1. The van der Waals surface area contributed by atoms with Gasteiger partial charge in [0.25, 0.3) is 15.9 Å². The topological polar surface area (TPSA) is 103 Å². The van der Waals surface area contributed by atoms with E-state index in [-0.39, 0.29) is 18.2 Å². The first-order valence-electron chi connectivity index (χ1n) is 10.5. The number of hydrogen-bond donors (Lipinski definition) is 1. The number of amides is 1. The fraction of sp³-hybridized carbons (Fsp3) is 0.208. The molecule has 0 aliphatic carbocycles. The Bertz CT molecular complexity index is 1360. The largest absolute Gasteiger partial charge is 0.497 e. The highest BCUT2D eigenvalue weighted by molar-refractivity contribution is 7.92. The van der Waals surface area contributed by atoms with E-state index in [9.17, 15) is 13.2 Å². The highest BCUT2D eigenvalue weighted by atomic mass is 32.2. The van der Waals surface area contributed by atoms with Gasteiger partial charge in [0, 0.05) is 11.8 Å². The third kappa shape index (κ3) is 3.96. The lowest BCUT2D eigenvalue weighted by Crippen LogP contribution is -2.48. The summed E-state index contributed by atoms with van der Waals surface area (Å²) in [5, 5.41) is 2.78. The minimum atomic E-state index is -3.98. The second-order valence-corrected chi connectivity index (χ2v) is 9.71. The van der Waals surface area contributed by atoms with Gasteiger partial charge in [-0.2, -0.15) is 0 Å². The molecular weight excluding hydrogens is 460 g/mol. The van der Waals surface area contributed by atoms with Gasteiger partial charge in [-0.3, -0.25) is 9.10 Å². The van der Waals surface area contributed by atoms with E-state index in [1.807, 2.05) is 6.92 Å². The number of sulfonamides is 1. The number of carbonyl (C=O) groups is 1. The molecule has 0 spiro atoms. The van der Waals surface area contributed by atoms with E-state index < -0.39 is 22.0 Å². The van der Waals surface area contributed by atoms with Gasteiger partial charge in [-0.05, 0) is 61.0 Å². The molecule has 3 aromatic carbocycles. The third-order valence-electron chi connectivity index (χ3n) is 5.56. The summed E-state index contributed by atoms with van der Waals surface area (Å²) >= 11 is 0. The Kier molecular flexibility index (Phi) is 5.45. The van der Waals surface area contributed by atoms with Crippen molar-refractivity contribution in [2.24, 2.45) is 0 Å². The van der Waals surface area contributed by atoms with Gasteiger partial charge in [-0.15, -0.1) is 0 Å². The Morgan fingerprint density at radius 3 is 2.53 bits per heavy atom. The number of nitrogens with zero attached hydrogens (tertiary/aromatic N) is 1. The number of ether oxygens (including phenoxy) is 4. The zero-order valence-corrected chi connectivity index (χ0v) is 19.3. The van der Waals surface area contributed by atoms with E-state index in [0.717, 1.165) is 5.56 Å². The smallest absolute Gasteiger partial charge is 0.267 e. The predicted molar refractivity (Wildman–Crippen MR) is 124 cm³/mol. The number of fused-ring (bicyclic) bond motifs is 2. The van der Waals surface area contributed by atoms with Crippen molar-refractivity contribution in [2.75, 3.05) is 30.1 Å². The first-order chi connectivity index (χ1) is 16.3. The molecule has 0 radical (unpaired) electrons. The van der Waals surface area contributed by atoms with E-state index in [2.05, 4.69) is 5.32 Å². The second kappa shape index (κ2) is 8.45. The summed E-state index contributed by atoms with van der Waals surface area (Å²) in [6.07, 6.45) is -1.08. The molecule has 1 atom stereocenters. The Balaban J connectivity index is 1.45. The van der Waals surface area contributed by atoms with E-state index in [1.165, 1.54) is 23.5 Å². The molecule has 0 unspecified atom stereocenters. The molecular formula is C24H22N2O7S. The van der Waals surface area contributed by atoms with Crippen LogP contribution in [-0.2, 0) is 14.8 Å². The Morgan fingerprint density at radius 1 is 1.00 bits per heavy atom. The van der Waals surface area contributed by atoms with Crippen LogP contribution in [0.3, 0.4) is 0 Å². The molecule has 5 rings (SSSR count). The fourth-order valence-electron chi connectivity index (χ4n) is 3.80. The molecule has 2 aliphatic rings. The first-order valence-corrected chi connectivity index (χ1v) is 11.9. The second-order valence-electron chi connectivity index (χ2n) is 7.85. The average molecular weight is 483 g/mol. The maximum Gasteiger partial charge on any atom is 0.267 e. The highest BCUT2D eigenvalue weighted by Crippen LogP contribution is 2.38. The van der Waals surface area contributed by atoms with E-state index in [0.29, 0.717) is 34.4 Å². The zero-order valence-electron chi connectivity index (χ0n) is 18.5. The molecule has 1 amide bonds. The number of hydrogen-bond acceptors (Lipinski definition) is 7. The van der Waals surface area contributed by atoms with Gasteiger partial charge in [0.05, 0.1) is 24.2 Å². The molecule has 10 heteroatoms. The molecule has 3 aromatic rings. The minimum Gasteiger partial charge on any atom is -0.497 e. The number of rotatable bonds is 5. The summed E-state index contributed by atoms with van der Waals surface area (Å²) in [6.45, 7) is 1.79. The number of anilines is 2. The van der Waals surface area contributed by atoms with Crippen LogP contribution < -0.4 is 28.6 Å². The number of methoxy groups -OCH3 is 1.